The van der Waals surface area contributed by atoms with E-state index in [1.165, 1.54) is 83.0 Å². The smallest absolute Gasteiger partial charge is 0.00259 e. The Morgan fingerprint density at radius 1 is 0.595 bits per heavy atom. The SMILES string of the molecule is [Cl-].[Cl-].[Zr+2]=[C]1CCCCCC1.[c-]1cc(Cc2ccccc2)cc2c1Cc1ccc(Cc3ccccc3)cc1-2.c1cc[cH-]c1. The molecule has 0 bridgehead atoms. The molecule has 214 valence electrons. The third kappa shape index (κ3) is 10.4. The molecule has 5 aromatic rings. The van der Waals surface area contributed by atoms with Crippen LogP contribution in [-0.2, 0) is 43.5 Å². The second kappa shape index (κ2) is 18.3. The van der Waals surface area contributed by atoms with Crippen LogP contribution < -0.4 is 24.8 Å². The third-order valence-corrected chi connectivity index (χ3v) is 8.91. The Labute approximate surface area is 280 Å². The van der Waals surface area contributed by atoms with E-state index >= 15 is 0 Å². The van der Waals surface area contributed by atoms with E-state index in [2.05, 4.69) is 97.1 Å². The molecule has 0 spiro atoms. The molecule has 1 fully saturated rings. The summed E-state index contributed by atoms with van der Waals surface area (Å²) in [6.07, 6.45) is 11.7. The van der Waals surface area contributed by atoms with Crippen molar-refractivity contribution < 1.29 is 49.0 Å². The molecule has 0 amide bonds. The summed E-state index contributed by atoms with van der Waals surface area (Å²) in [6.45, 7) is 0. The number of hydrogen-bond acceptors (Lipinski definition) is 0. The van der Waals surface area contributed by atoms with Crippen molar-refractivity contribution in [2.24, 2.45) is 0 Å². The summed E-state index contributed by atoms with van der Waals surface area (Å²) in [5.74, 6) is 0. The Balaban J connectivity index is 0.000000268. The number of halogens is 2. The van der Waals surface area contributed by atoms with Crippen LogP contribution in [0.15, 0.2) is 121 Å². The standard InChI is InChI=1S/C27H21.C7H12.C5H5.2ClH.Zr/c1-3-7-20(8-4-1)15-22-11-13-24-19-25-14-12-23(18-27(25)26(24)17-22)16-21-9-5-2-6-10-21;1-2-4-6-7-5-3-1;1-2-4-5-3-1;;;/h1-13,17-18H,15-16,19H2;1-6H2;1-5H;2*1H;/q-1;;-1;;;+2/p-2. The van der Waals surface area contributed by atoms with Crippen LogP contribution in [0.25, 0.3) is 11.1 Å². The van der Waals surface area contributed by atoms with Crippen molar-refractivity contribution in [2.45, 2.75) is 57.8 Å². The molecule has 0 aliphatic heterocycles. The normalized spacial score (nSPS) is 13.0. The van der Waals surface area contributed by atoms with Gasteiger partial charge in [0.25, 0.3) is 0 Å². The minimum atomic E-state index is 0. The van der Waals surface area contributed by atoms with E-state index in [1.54, 1.807) is 24.2 Å². The maximum absolute atomic E-state index is 3.55. The maximum atomic E-state index is 3.55. The Morgan fingerprint density at radius 3 is 1.74 bits per heavy atom. The van der Waals surface area contributed by atoms with Gasteiger partial charge in [-0.05, 0) is 30.4 Å². The molecule has 0 radical (unpaired) electrons. The predicted molar refractivity (Wildman–Crippen MR) is 167 cm³/mol. The van der Waals surface area contributed by atoms with Gasteiger partial charge in [0.05, 0.1) is 0 Å². The first-order valence-corrected chi connectivity index (χ1v) is 15.9. The van der Waals surface area contributed by atoms with E-state index in [0.29, 0.717) is 0 Å². The fourth-order valence-electron chi connectivity index (χ4n) is 5.53. The first kappa shape index (κ1) is 34.1. The molecule has 1 saturated carbocycles. The van der Waals surface area contributed by atoms with Crippen molar-refractivity contribution in [3.63, 3.8) is 0 Å². The quantitative estimate of drug-likeness (QED) is 0.199. The number of benzene rings is 4. The fraction of sp³-hybridized carbons (Fsp3) is 0.231. The van der Waals surface area contributed by atoms with Crippen molar-refractivity contribution in [2.75, 3.05) is 0 Å². The van der Waals surface area contributed by atoms with Gasteiger partial charge in [0, 0.05) is 0 Å². The van der Waals surface area contributed by atoms with Crippen LogP contribution in [0.4, 0.5) is 0 Å². The van der Waals surface area contributed by atoms with Gasteiger partial charge in [-0.3, -0.25) is 0 Å². The molecule has 3 heteroatoms. The minimum absolute atomic E-state index is 0. The van der Waals surface area contributed by atoms with E-state index < -0.39 is 0 Å². The van der Waals surface area contributed by atoms with Gasteiger partial charge < -0.3 is 24.8 Å². The van der Waals surface area contributed by atoms with E-state index in [0.717, 1.165) is 19.3 Å². The number of hydrogen-bond donors (Lipinski definition) is 0. The van der Waals surface area contributed by atoms with Gasteiger partial charge in [0.2, 0.25) is 0 Å². The van der Waals surface area contributed by atoms with Crippen LogP contribution in [0, 0.1) is 6.07 Å². The zero-order valence-electron chi connectivity index (χ0n) is 24.2. The van der Waals surface area contributed by atoms with Gasteiger partial charge in [-0.2, -0.15) is 47.5 Å². The molecule has 2 aliphatic carbocycles. The average molecular weight is 669 g/mol. The largest absolute Gasteiger partial charge is 0.214 e. The van der Waals surface area contributed by atoms with Crippen molar-refractivity contribution in [1.82, 2.24) is 0 Å². The number of fused-ring (bicyclic) bond motifs is 3. The van der Waals surface area contributed by atoms with Crippen molar-refractivity contribution >= 4 is 3.21 Å². The molecule has 0 heterocycles. The Hall–Kier alpha value is -2.44. The monoisotopic (exact) mass is 666 g/mol. The first-order chi connectivity index (χ1) is 19.7. The van der Waals surface area contributed by atoms with Crippen molar-refractivity contribution in [3.8, 4) is 11.1 Å². The molecule has 7 rings (SSSR count). The summed E-state index contributed by atoms with van der Waals surface area (Å²) in [5, 5.41) is 0. The van der Waals surface area contributed by atoms with Crippen LogP contribution in [-0.4, -0.2) is 3.21 Å². The fourth-order valence-corrected chi connectivity index (χ4v) is 6.40. The second-order valence-electron chi connectivity index (χ2n) is 10.9. The Morgan fingerprint density at radius 2 is 1.17 bits per heavy atom. The van der Waals surface area contributed by atoms with Gasteiger partial charge in [0.1, 0.15) is 0 Å². The summed E-state index contributed by atoms with van der Waals surface area (Å²) in [7, 11) is 0. The molecule has 42 heavy (non-hydrogen) atoms. The van der Waals surface area contributed by atoms with Gasteiger partial charge >= 0.3 is 66.0 Å². The van der Waals surface area contributed by atoms with Crippen molar-refractivity contribution in [3.05, 3.63) is 161 Å². The van der Waals surface area contributed by atoms with Crippen LogP contribution in [0.5, 0.6) is 0 Å². The van der Waals surface area contributed by atoms with E-state index in [-0.39, 0.29) is 24.8 Å². The molecule has 0 unspecified atom stereocenters. The molecule has 0 saturated heterocycles. The van der Waals surface area contributed by atoms with E-state index in [4.69, 9.17) is 0 Å². The molecule has 2 aliphatic rings. The summed E-state index contributed by atoms with van der Waals surface area (Å²) in [6, 6.07) is 46.4. The second-order valence-corrected chi connectivity index (χ2v) is 12.6. The minimum Gasteiger partial charge on any atom is -0.214 e. The zero-order chi connectivity index (χ0) is 27.4. The maximum Gasteiger partial charge on any atom is -0.00259 e. The molecule has 0 nitrogen and oxygen atoms in total. The Bertz CT molecular complexity index is 1360. The number of rotatable bonds is 4. The molecule has 0 aromatic heterocycles. The van der Waals surface area contributed by atoms with Crippen LogP contribution >= 0.6 is 0 Å². The topological polar surface area (TPSA) is 0 Å². The molecule has 0 N–H and O–H groups in total. The predicted octanol–water partition coefficient (Wildman–Crippen LogP) is 3.71. The van der Waals surface area contributed by atoms with E-state index in [1.807, 2.05) is 33.5 Å². The van der Waals surface area contributed by atoms with E-state index in [9.17, 15) is 0 Å². The summed E-state index contributed by atoms with van der Waals surface area (Å²) in [5.41, 5.74) is 10.9. The van der Waals surface area contributed by atoms with Gasteiger partial charge in [0.15, 0.2) is 0 Å². The Kier molecular flexibility index (Phi) is 14.8. The van der Waals surface area contributed by atoms with Gasteiger partial charge in [-0.25, -0.2) is 12.1 Å². The van der Waals surface area contributed by atoms with Crippen LogP contribution in [0.3, 0.4) is 0 Å². The van der Waals surface area contributed by atoms with Crippen molar-refractivity contribution in [1.29, 1.82) is 0 Å². The third-order valence-electron chi connectivity index (χ3n) is 7.68. The molecular formula is C39H38Cl2Zr-2. The van der Waals surface area contributed by atoms with Gasteiger partial charge in [-0.1, -0.05) is 95.6 Å². The van der Waals surface area contributed by atoms with Gasteiger partial charge in [-0.15, -0.1) is 5.56 Å². The average Bonchev–Trinajstić information content (AvgIpc) is 3.63. The summed E-state index contributed by atoms with van der Waals surface area (Å²) >= 11 is 1.69. The molecular weight excluding hydrogens is 631 g/mol. The first-order valence-electron chi connectivity index (χ1n) is 14.7. The zero-order valence-corrected chi connectivity index (χ0v) is 28.1. The molecule has 5 aromatic carbocycles. The van der Waals surface area contributed by atoms with Crippen LogP contribution in [0.2, 0.25) is 0 Å². The summed E-state index contributed by atoms with van der Waals surface area (Å²) < 4.78 is 1.81. The van der Waals surface area contributed by atoms with Crippen LogP contribution in [0.1, 0.15) is 71.9 Å². The summed E-state index contributed by atoms with van der Waals surface area (Å²) in [4.78, 5) is 0. The molecule has 0 atom stereocenters.